The summed E-state index contributed by atoms with van der Waals surface area (Å²) in [6, 6.07) is 11.3. The molecule has 3 aromatic rings. The minimum Gasteiger partial charge on any atom is -0.486 e. The van der Waals surface area contributed by atoms with Crippen molar-refractivity contribution in [3.8, 4) is 5.75 Å². The van der Waals surface area contributed by atoms with Gasteiger partial charge >= 0.3 is 0 Å². The van der Waals surface area contributed by atoms with Crippen molar-refractivity contribution in [2.45, 2.75) is 20.1 Å². The van der Waals surface area contributed by atoms with Gasteiger partial charge < -0.3 is 9.64 Å². The summed E-state index contributed by atoms with van der Waals surface area (Å²) in [5.74, 6) is 0.789. The van der Waals surface area contributed by atoms with E-state index in [-0.39, 0.29) is 5.91 Å². The largest absolute Gasteiger partial charge is 0.486 e. The molecule has 1 aromatic carbocycles. The third-order valence-corrected chi connectivity index (χ3v) is 6.40. The predicted octanol–water partition coefficient (Wildman–Crippen LogP) is 4.04. The van der Waals surface area contributed by atoms with Gasteiger partial charge in [0.2, 0.25) is 0 Å². The van der Waals surface area contributed by atoms with E-state index in [4.69, 9.17) is 16.3 Å². The van der Waals surface area contributed by atoms with Crippen LogP contribution in [0, 0.1) is 6.92 Å². The summed E-state index contributed by atoms with van der Waals surface area (Å²) in [5, 5.41) is 1.46. The summed E-state index contributed by atoms with van der Waals surface area (Å²) in [5.41, 5.74) is 2.01. The Hall–Kier alpha value is -2.48. The Morgan fingerprint density at radius 2 is 1.80 bits per heavy atom. The van der Waals surface area contributed by atoms with Gasteiger partial charge in [0.15, 0.2) is 0 Å². The quantitative estimate of drug-likeness (QED) is 0.576. The first-order chi connectivity index (χ1) is 14.6. The summed E-state index contributed by atoms with van der Waals surface area (Å²) < 4.78 is 5.76. The van der Waals surface area contributed by atoms with Crippen molar-refractivity contribution in [1.29, 1.82) is 0 Å². The SMILES string of the molecule is Cc1nc(COc2ccc(Cl)cc2)sc1C(=O)N1CCN(Cc2ccncc2)CC1. The summed E-state index contributed by atoms with van der Waals surface area (Å²) in [6.07, 6.45) is 3.63. The van der Waals surface area contributed by atoms with Gasteiger partial charge in [-0.15, -0.1) is 11.3 Å². The third kappa shape index (κ3) is 5.16. The number of ether oxygens (including phenoxy) is 1. The Bertz CT molecular complexity index is 986. The molecule has 1 amide bonds. The molecule has 2 aromatic heterocycles. The number of hydrogen-bond acceptors (Lipinski definition) is 6. The number of piperazine rings is 1. The lowest BCUT2D eigenvalue weighted by molar-refractivity contribution is 0.0632. The van der Waals surface area contributed by atoms with Gasteiger partial charge in [0.1, 0.15) is 22.2 Å². The Balaban J connectivity index is 1.32. The molecule has 4 rings (SSSR count). The molecule has 0 spiro atoms. The van der Waals surface area contributed by atoms with E-state index in [1.807, 2.05) is 48.5 Å². The highest BCUT2D eigenvalue weighted by molar-refractivity contribution is 7.13. The van der Waals surface area contributed by atoms with Crippen molar-refractivity contribution in [2.24, 2.45) is 0 Å². The number of halogens is 1. The van der Waals surface area contributed by atoms with Crippen molar-refractivity contribution >= 4 is 28.8 Å². The first-order valence-electron chi connectivity index (χ1n) is 9.84. The second-order valence-corrected chi connectivity index (χ2v) is 8.71. The van der Waals surface area contributed by atoms with Crippen LogP contribution in [0.1, 0.15) is 25.9 Å². The molecule has 3 heterocycles. The predicted molar refractivity (Wildman–Crippen MR) is 118 cm³/mol. The minimum absolute atomic E-state index is 0.0614. The zero-order valence-corrected chi connectivity index (χ0v) is 18.3. The molecule has 30 heavy (non-hydrogen) atoms. The lowest BCUT2D eigenvalue weighted by Crippen LogP contribution is -2.48. The molecule has 0 unspecified atom stereocenters. The van der Waals surface area contributed by atoms with E-state index in [1.165, 1.54) is 16.9 Å². The van der Waals surface area contributed by atoms with Crippen LogP contribution in [0.5, 0.6) is 5.75 Å². The van der Waals surface area contributed by atoms with Crippen LogP contribution in [0.2, 0.25) is 5.02 Å². The topological polar surface area (TPSA) is 58.6 Å². The van der Waals surface area contributed by atoms with Crippen molar-refractivity contribution in [3.63, 3.8) is 0 Å². The number of nitrogens with zero attached hydrogens (tertiary/aromatic N) is 4. The van der Waals surface area contributed by atoms with E-state index in [2.05, 4.69) is 14.9 Å². The second-order valence-electron chi connectivity index (χ2n) is 7.19. The lowest BCUT2D eigenvalue weighted by atomic mass is 10.2. The number of carbonyl (C=O) groups excluding carboxylic acids is 1. The highest BCUT2D eigenvalue weighted by Crippen LogP contribution is 2.23. The Labute approximate surface area is 185 Å². The number of rotatable bonds is 6. The van der Waals surface area contributed by atoms with Crippen LogP contribution in [0.3, 0.4) is 0 Å². The first kappa shape index (κ1) is 20.8. The zero-order valence-electron chi connectivity index (χ0n) is 16.8. The van der Waals surface area contributed by atoms with E-state index in [9.17, 15) is 4.79 Å². The summed E-state index contributed by atoms with van der Waals surface area (Å²) in [6.45, 7) is 6.26. The molecule has 0 bridgehead atoms. The average molecular weight is 443 g/mol. The van der Waals surface area contributed by atoms with Crippen LogP contribution in [0.4, 0.5) is 0 Å². The molecule has 0 radical (unpaired) electrons. The van der Waals surface area contributed by atoms with Crippen LogP contribution in [0.25, 0.3) is 0 Å². The van der Waals surface area contributed by atoms with Gasteiger partial charge in [-0.3, -0.25) is 14.7 Å². The van der Waals surface area contributed by atoms with Crippen molar-refractivity contribution in [1.82, 2.24) is 19.8 Å². The molecular formula is C22H23ClN4O2S. The van der Waals surface area contributed by atoms with E-state index < -0.39 is 0 Å². The van der Waals surface area contributed by atoms with Crippen LogP contribution in [-0.4, -0.2) is 51.9 Å². The monoisotopic (exact) mass is 442 g/mol. The van der Waals surface area contributed by atoms with Crippen LogP contribution >= 0.6 is 22.9 Å². The fourth-order valence-electron chi connectivity index (χ4n) is 3.39. The number of thiazole rings is 1. The molecule has 1 saturated heterocycles. The van der Waals surface area contributed by atoms with Gasteiger partial charge in [-0.1, -0.05) is 11.6 Å². The summed E-state index contributed by atoms with van der Waals surface area (Å²) in [4.78, 5) is 26.6. The van der Waals surface area contributed by atoms with Crippen molar-refractivity contribution in [2.75, 3.05) is 26.2 Å². The minimum atomic E-state index is 0.0614. The number of aromatic nitrogens is 2. The number of amides is 1. The molecule has 1 aliphatic rings. The zero-order chi connectivity index (χ0) is 20.9. The maximum atomic E-state index is 13.0. The maximum absolute atomic E-state index is 13.0. The van der Waals surface area contributed by atoms with E-state index >= 15 is 0 Å². The van der Waals surface area contributed by atoms with Gasteiger partial charge in [0, 0.05) is 50.1 Å². The first-order valence-corrected chi connectivity index (χ1v) is 11.0. The fourth-order valence-corrected chi connectivity index (χ4v) is 4.46. The molecule has 8 heteroatoms. The van der Waals surface area contributed by atoms with Gasteiger partial charge in [-0.25, -0.2) is 4.98 Å². The summed E-state index contributed by atoms with van der Waals surface area (Å²) in [7, 11) is 0. The standard InChI is InChI=1S/C22H23ClN4O2S/c1-16-21(30-20(25-16)15-29-19-4-2-18(23)3-5-19)22(28)27-12-10-26(11-13-27)14-17-6-8-24-9-7-17/h2-9H,10-15H2,1H3. The normalized spacial score (nSPS) is 14.7. The highest BCUT2D eigenvalue weighted by atomic mass is 35.5. The number of pyridine rings is 1. The van der Waals surface area contributed by atoms with Gasteiger partial charge in [0.05, 0.1) is 5.69 Å². The number of hydrogen-bond donors (Lipinski definition) is 0. The molecule has 0 atom stereocenters. The molecule has 0 aliphatic carbocycles. The van der Waals surface area contributed by atoms with Gasteiger partial charge in [0.25, 0.3) is 5.91 Å². The van der Waals surface area contributed by atoms with Crippen LogP contribution < -0.4 is 4.74 Å². The molecular weight excluding hydrogens is 420 g/mol. The van der Waals surface area contributed by atoms with Gasteiger partial charge in [-0.05, 0) is 48.9 Å². The Kier molecular flexibility index (Phi) is 6.62. The molecule has 1 fully saturated rings. The second kappa shape index (κ2) is 9.55. The Morgan fingerprint density at radius 3 is 2.50 bits per heavy atom. The fraction of sp³-hybridized carbons (Fsp3) is 0.318. The molecule has 0 N–H and O–H groups in total. The van der Waals surface area contributed by atoms with E-state index in [1.54, 1.807) is 12.1 Å². The highest BCUT2D eigenvalue weighted by Gasteiger charge is 2.25. The number of benzene rings is 1. The Morgan fingerprint density at radius 1 is 1.10 bits per heavy atom. The van der Waals surface area contributed by atoms with E-state index in [0.717, 1.165) is 49.2 Å². The number of carbonyl (C=O) groups is 1. The van der Waals surface area contributed by atoms with Crippen LogP contribution in [0.15, 0.2) is 48.8 Å². The molecule has 1 aliphatic heterocycles. The van der Waals surface area contributed by atoms with Crippen molar-refractivity contribution < 1.29 is 9.53 Å². The lowest BCUT2D eigenvalue weighted by Gasteiger charge is -2.34. The number of aryl methyl sites for hydroxylation is 1. The molecule has 0 saturated carbocycles. The summed E-state index contributed by atoms with van der Waals surface area (Å²) >= 11 is 7.31. The van der Waals surface area contributed by atoms with Crippen molar-refractivity contribution in [3.05, 3.63) is 75.0 Å². The molecule has 6 nitrogen and oxygen atoms in total. The third-order valence-electron chi connectivity index (χ3n) is 5.03. The van der Waals surface area contributed by atoms with E-state index in [0.29, 0.717) is 16.5 Å². The maximum Gasteiger partial charge on any atom is 0.265 e. The molecule has 156 valence electrons. The smallest absolute Gasteiger partial charge is 0.265 e. The average Bonchev–Trinajstić information content (AvgIpc) is 3.14. The van der Waals surface area contributed by atoms with Crippen LogP contribution in [-0.2, 0) is 13.2 Å². The van der Waals surface area contributed by atoms with Gasteiger partial charge in [-0.2, -0.15) is 0 Å².